The van der Waals surface area contributed by atoms with Gasteiger partial charge in [0.2, 0.25) is 5.75 Å². The van der Waals surface area contributed by atoms with Crippen LogP contribution in [-0.4, -0.2) is 37.7 Å². The zero-order chi connectivity index (χ0) is 21.3. The number of nitrogens with one attached hydrogen (secondary N) is 1. The second-order valence-electron chi connectivity index (χ2n) is 7.32. The van der Waals surface area contributed by atoms with E-state index < -0.39 is 0 Å². The Morgan fingerprint density at radius 2 is 1.73 bits per heavy atom. The molecule has 0 saturated heterocycles. The third-order valence-corrected chi connectivity index (χ3v) is 5.70. The fourth-order valence-electron chi connectivity index (χ4n) is 3.94. The molecule has 1 aromatic heterocycles. The molecule has 0 atom stereocenters. The van der Waals surface area contributed by atoms with Crippen molar-refractivity contribution in [2.45, 2.75) is 26.2 Å². The van der Waals surface area contributed by atoms with E-state index in [4.69, 9.17) is 30.9 Å². The maximum absolute atomic E-state index is 6.31. The second kappa shape index (κ2) is 8.48. The van der Waals surface area contributed by atoms with Crippen molar-refractivity contribution in [2.75, 3.05) is 33.2 Å². The molecule has 4 rings (SSSR count). The minimum Gasteiger partial charge on any atom is -0.493 e. The number of halogens is 1. The molecule has 1 aliphatic rings. The van der Waals surface area contributed by atoms with Crippen LogP contribution in [0.1, 0.15) is 24.0 Å². The highest BCUT2D eigenvalue weighted by atomic mass is 35.5. The fourth-order valence-corrected chi connectivity index (χ4v) is 4.10. The van der Waals surface area contributed by atoms with Crippen LogP contribution in [0.5, 0.6) is 17.2 Å². The van der Waals surface area contributed by atoms with E-state index in [1.807, 2.05) is 35.0 Å². The Morgan fingerprint density at radius 3 is 2.40 bits per heavy atom. The van der Waals surface area contributed by atoms with Crippen LogP contribution in [0.2, 0.25) is 5.02 Å². The minimum atomic E-state index is 0.568. The summed E-state index contributed by atoms with van der Waals surface area (Å²) in [6.45, 7) is 2.97. The zero-order valence-corrected chi connectivity index (χ0v) is 18.5. The van der Waals surface area contributed by atoms with Gasteiger partial charge in [0, 0.05) is 22.7 Å². The van der Waals surface area contributed by atoms with Crippen LogP contribution in [0, 0.1) is 6.92 Å². The first-order chi connectivity index (χ1) is 14.6. The Labute approximate surface area is 181 Å². The molecule has 6 nitrogen and oxygen atoms in total. The van der Waals surface area contributed by atoms with Gasteiger partial charge in [0.1, 0.15) is 5.82 Å². The zero-order valence-electron chi connectivity index (χ0n) is 17.7. The average Bonchev–Trinajstić information content (AvgIpc) is 2.94. The molecule has 158 valence electrons. The number of aromatic nitrogens is 2. The number of hydrogen-bond donors (Lipinski definition) is 1. The van der Waals surface area contributed by atoms with Gasteiger partial charge >= 0.3 is 0 Å². The van der Waals surface area contributed by atoms with Crippen molar-refractivity contribution in [3.63, 3.8) is 0 Å². The lowest BCUT2D eigenvalue weighted by molar-refractivity contribution is 0.324. The van der Waals surface area contributed by atoms with Gasteiger partial charge in [-0.25, -0.2) is 4.68 Å². The number of anilines is 1. The van der Waals surface area contributed by atoms with E-state index in [0.29, 0.717) is 22.3 Å². The first-order valence-corrected chi connectivity index (χ1v) is 10.4. The summed E-state index contributed by atoms with van der Waals surface area (Å²) in [7, 11) is 4.85. The van der Waals surface area contributed by atoms with Crippen LogP contribution >= 0.6 is 11.6 Å². The lowest BCUT2D eigenvalue weighted by Gasteiger charge is -2.14. The van der Waals surface area contributed by atoms with E-state index in [1.54, 1.807) is 21.3 Å². The predicted octanol–water partition coefficient (Wildman–Crippen LogP) is 5.28. The van der Waals surface area contributed by atoms with Crippen molar-refractivity contribution in [2.24, 2.45) is 0 Å². The first kappa shape index (κ1) is 20.4. The van der Waals surface area contributed by atoms with Crippen molar-refractivity contribution < 1.29 is 14.2 Å². The highest BCUT2D eigenvalue weighted by molar-refractivity contribution is 6.30. The van der Waals surface area contributed by atoms with Gasteiger partial charge in [0.15, 0.2) is 11.5 Å². The molecule has 0 amide bonds. The predicted molar refractivity (Wildman–Crippen MR) is 120 cm³/mol. The summed E-state index contributed by atoms with van der Waals surface area (Å²) in [5, 5.41) is 9.29. The van der Waals surface area contributed by atoms with Gasteiger partial charge in [-0.05, 0) is 56.0 Å². The van der Waals surface area contributed by atoms with Crippen molar-refractivity contribution in [3.05, 3.63) is 46.5 Å². The molecular formula is C23H26ClN3O3. The lowest BCUT2D eigenvalue weighted by atomic mass is 10.0. The number of benzene rings is 2. The number of fused-ring (bicyclic) bond motifs is 1. The van der Waals surface area contributed by atoms with Crippen LogP contribution in [0.25, 0.3) is 16.9 Å². The normalized spacial score (nSPS) is 13.2. The maximum atomic E-state index is 6.31. The molecule has 7 heteroatoms. The molecule has 1 N–H and O–H groups in total. The molecule has 0 aliphatic carbocycles. The summed E-state index contributed by atoms with van der Waals surface area (Å²) in [5.74, 6) is 2.80. The van der Waals surface area contributed by atoms with Crippen LogP contribution in [0.15, 0.2) is 30.3 Å². The van der Waals surface area contributed by atoms with Gasteiger partial charge in [0.25, 0.3) is 0 Å². The van der Waals surface area contributed by atoms with Gasteiger partial charge in [-0.3, -0.25) is 0 Å². The van der Waals surface area contributed by atoms with Crippen molar-refractivity contribution in [1.82, 2.24) is 9.78 Å². The average molecular weight is 428 g/mol. The summed E-state index contributed by atoms with van der Waals surface area (Å²) in [6.07, 6.45) is 3.14. The molecule has 1 aliphatic heterocycles. The topological polar surface area (TPSA) is 57.5 Å². The number of hydrogen-bond acceptors (Lipinski definition) is 5. The Balaban J connectivity index is 1.96. The molecule has 0 fully saturated rings. The van der Waals surface area contributed by atoms with Gasteiger partial charge in [0.05, 0.1) is 32.7 Å². The van der Waals surface area contributed by atoms with Gasteiger partial charge < -0.3 is 19.5 Å². The van der Waals surface area contributed by atoms with Gasteiger partial charge in [-0.15, -0.1) is 0 Å². The van der Waals surface area contributed by atoms with Crippen LogP contribution < -0.4 is 19.5 Å². The molecular weight excluding hydrogens is 402 g/mol. The number of methoxy groups -OCH3 is 3. The quantitative estimate of drug-likeness (QED) is 0.600. The molecule has 0 radical (unpaired) electrons. The van der Waals surface area contributed by atoms with E-state index in [9.17, 15) is 0 Å². The monoisotopic (exact) mass is 427 g/mol. The molecule has 0 spiro atoms. The summed E-state index contributed by atoms with van der Waals surface area (Å²) < 4.78 is 18.6. The number of aryl methyl sites for hydroxylation is 1. The van der Waals surface area contributed by atoms with E-state index in [-0.39, 0.29) is 0 Å². The third-order valence-electron chi connectivity index (χ3n) is 5.47. The molecule has 30 heavy (non-hydrogen) atoms. The molecule has 2 aromatic carbocycles. The molecule has 0 bridgehead atoms. The van der Waals surface area contributed by atoms with E-state index >= 15 is 0 Å². The third kappa shape index (κ3) is 3.56. The Kier molecular flexibility index (Phi) is 5.77. The Morgan fingerprint density at radius 1 is 1.00 bits per heavy atom. The number of nitrogens with zero attached hydrogens (tertiary/aromatic N) is 2. The second-order valence-corrected chi connectivity index (χ2v) is 7.75. The lowest BCUT2D eigenvalue weighted by Crippen LogP contribution is -2.08. The Bertz CT molecular complexity index is 1050. The SMILES string of the molecule is COc1cc(-c2nn(-c3cc(Cl)ccc3C)c3c2CCCCN3)cc(OC)c1OC. The number of rotatable bonds is 5. The van der Waals surface area contributed by atoms with Crippen molar-refractivity contribution in [3.8, 4) is 34.2 Å². The van der Waals surface area contributed by atoms with Gasteiger partial charge in [-0.2, -0.15) is 5.10 Å². The van der Waals surface area contributed by atoms with E-state index in [0.717, 1.165) is 54.1 Å². The fraction of sp³-hybridized carbons (Fsp3) is 0.348. The van der Waals surface area contributed by atoms with Crippen LogP contribution in [0.3, 0.4) is 0 Å². The minimum absolute atomic E-state index is 0.568. The maximum Gasteiger partial charge on any atom is 0.203 e. The molecule has 0 unspecified atom stereocenters. The molecule has 0 saturated carbocycles. The summed E-state index contributed by atoms with van der Waals surface area (Å²) in [5.41, 5.74) is 5.07. The molecule has 2 heterocycles. The molecule has 3 aromatic rings. The Hall–Kier alpha value is -2.86. The largest absolute Gasteiger partial charge is 0.493 e. The smallest absolute Gasteiger partial charge is 0.203 e. The summed E-state index contributed by atoms with van der Waals surface area (Å²) >= 11 is 6.31. The van der Waals surface area contributed by atoms with Crippen molar-refractivity contribution in [1.29, 1.82) is 0 Å². The van der Waals surface area contributed by atoms with Crippen LogP contribution in [0.4, 0.5) is 5.82 Å². The van der Waals surface area contributed by atoms with Crippen LogP contribution in [-0.2, 0) is 6.42 Å². The van der Waals surface area contributed by atoms with Crippen molar-refractivity contribution >= 4 is 17.4 Å². The first-order valence-electron chi connectivity index (χ1n) is 10.00. The summed E-state index contributed by atoms with van der Waals surface area (Å²) in [6, 6.07) is 9.77. The summed E-state index contributed by atoms with van der Waals surface area (Å²) in [4.78, 5) is 0. The van der Waals surface area contributed by atoms with Gasteiger partial charge in [-0.1, -0.05) is 17.7 Å². The van der Waals surface area contributed by atoms with E-state index in [2.05, 4.69) is 12.2 Å². The van der Waals surface area contributed by atoms with E-state index in [1.165, 1.54) is 5.56 Å². The highest BCUT2D eigenvalue weighted by Crippen LogP contribution is 2.43. The highest BCUT2D eigenvalue weighted by Gasteiger charge is 2.24. The standard InChI is InChI=1S/C23H26ClN3O3/c1-14-8-9-16(24)13-18(14)27-23-17(7-5-6-10-25-23)21(26-27)15-11-19(28-2)22(30-4)20(12-15)29-3/h8-9,11-13,25H,5-7,10H2,1-4H3. The number of ether oxygens (including phenoxy) is 3.